The largest absolute Gasteiger partial charge is 0.494 e. The van der Waals surface area contributed by atoms with Crippen LogP contribution in [0.15, 0.2) is 42.5 Å². The molecular weight excluding hydrogens is 425 g/mol. The first-order valence-corrected chi connectivity index (χ1v) is 10.9. The van der Waals surface area contributed by atoms with E-state index in [1.165, 1.54) is 42.5 Å². The molecule has 0 spiro atoms. The zero-order valence-electron chi connectivity index (χ0n) is 17.7. The number of aryl methyl sites for hydroxylation is 2. The topological polar surface area (TPSA) is 15.7 Å². The number of rotatable bonds is 7. The van der Waals surface area contributed by atoms with Crippen LogP contribution in [0.3, 0.4) is 0 Å². The summed E-state index contributed by atoms with van der Waals surface area (Å²) in [7, 11) is 0. The first-order chi connectivity index (χ1) is 14.5. The van der Waals surface area contributed by atoms with Crippen LogP contribution in [-0.4, -0.2) is 44.2 Å². The highest BCUT2D eigenvalue weighted by atomic mass is 35.5. The zero-order valence-corrected chi connectivity index (χ0v) is 18.5. The van der Waals surface area contributed by atoms with Crippen molar-refractivity contribution < 1.29 is 17.9 Å². The minimum atomic E-state index is -4.29. The summed E-state index contributed by atoms with van der Waals surface area (Å²) in [6, 6.07) is 12.1. The molecule has 0 N–H and O–H groups in total. The quantitative estimate of drug-likeness (QED) is 0.507. The summed E-state index contributed by atoms with van der Waals surface area (Å²) in [5, 5.41) is 0. The second-order valence-electron chi connectivity index (χ2n) is 8.22. The highest BCUT2D eigenvalue weighted by molar-refractivity contribution is 5.85. The zero-order chi connectivity index (χ0) is 21.0. The molecule has 2 aliphatic rings. The van der Waals surface area contributed by atoms with Crippen LogP contribution < -0.4 is 9.64 Å². The molecule has 7 heteroatoms. The standard InChI is InChI=1S/C24H29F3N2O.ClH/c25-24(26,27)21-7-4-8-22(18-21)29-14-12-28(13-15-29)11-1-2-16-30-23-10-9-19-5-3-6-20(19)17-23;/h4,7-10,17-18H,1-3,5-6,11-16H2;1H. The average Bonchev–Trinajstić information content (AvgIpc) is 3.21. The second kappa shape index (κ2) is 10.6. The summed E-state index contributed by atoms with van der Waals surface area (Å²) in [6.45, 7) is 5.00. The molecule has 1 fully saturated rings. The number of hydrogen-bond donors (Lipinski definition) is 0. The van der Waals surface area contributed by atoms with Gasteiger partial charge in [0.15, 0.2) is 0 Å². The van der Waals surface area contributed by atoms with Crippen LogP contribution in [0.4, 0.5) is 18.9 Å². The predicted molar refractivity (Wildman–Crippen MR) is 121 cm³/mol. The Labute approximate surface area is 188 Å². The van der Waals surface area contributed by atoms with Gasteiger partial charge in [0, 0.05) is 31.9 Å². The van der Waals surface area contributed by atoms with Gasteiger partial charge in [-0.3, -0.25) is 4.90 Å². The van der Waals surface area contributed by atoms with Crippen molar-refractivity contribution in [3.05, 3.63) is 59.2 Å². The number of halogens is 4. The van der Waals surface area contributed by atoms with Crippen molar-refractivity contribution in [2.45, 2.75) is 38.3 Å². The van der Waals surface area contributed by atoms with Crippen LogP contribution in [0.1, 0.15) is 36.0 Å². The van der Waals surface area contributed by atoms with E-state index in [-0.39, 0.29) is 12.4 Å². The third kappa shape index (κ3) is 6.30. The molecule has 1 aliphatic carbocycles. The second-order valence-corrected chi connectivity index (χ2v) is 8.22. The van der Waals surface area contributed by atoms with Crippen LogP contribution in [0.5, 0.6) is 5.75 Å². The predicted octanol–water partition coefficient (Wildman–Crippen LogP) is 5.60. The van der Waals surface area contributed by atoms with Gasteiger partial charge < -0.3 is 9.64 Å². The monoisotopic (exact) mass is 454 g/mol. The highest BCUT2D eigenvalue weighted by Gasteiger charge is 2.31. The van der Waals surface area contributed by atoms with Gasteiger partial charge in [-0.1, -0.05) is 12.1 Å². The van der Waals surface area contributed by atoms with Crippen LogP contribution in [-0.2, 0) is 19.0 Å². The third-order valence-corrected chi connectivity index (χ3v) is 6.12. The SMILES string of the molecule is Cl.FC(F)(F)c1cccc(N2CCN(CCCCOc3ccc4c(c3)CCC4)CC2)c1. The van der Waals surface area contributed by atoms with Crippen LogP contribution in [0.2, 0.25) is 0 Å². The summed E-state index contributed by atoms with van der Waals surface area (Å²) < 4.78 is 44.7. The smallest absolute Gasteiger partial charge is 0.416 e. The van der Waals surface area contributed by atoms with E-state index in [2.05, 4.69) is 23.1 Å². The van der Waals surface area contributed by atoms with E-state index in [1.807, 2.05) is 4.90 Å². The molecule has 170 valence electrons. The summed E-state index contributed by atoms with van der Waals surface area (Å²) in [5.74, 6) is 0.977. The molecule has 0 bridgehead atoms. The Bertz CT molecular complexity index is 851. The molecule has 0 amide bonds. The minimum absolute atomic E-state index is 0. The number of unbranched alkanes of at least 4 members (excludes halogenated alkanes) is 1. The molecule has 1 aliphatic heterocycles. The number of nitrogens with zero attached hydrogens (tertiary/aromatic N) is 2. The molecule has 0 aromatic heterocycles. The lowest BCUT2D eigenvalue weighted by atomic mass is 10.1. The summed E-state index contributed by atoms with van der Waals surface area (Å²) in [6.07, 6.45) is 1.38. The Morgan fingerprint density at radius 1 is 0.871 bits per heavy atom. The molecule has 31 heavy (non-hydrogen) atoms. The lowest BCUT2D eigenvalue weighted by molar-refractivity contribution is -0.137. The fourth-order valence-electron chi connectivity index (χ4n) is 4.37. The molecule has 0 unspecified atom stereocenters. The van der Waals surface area contributed by atoms with Crippen molar-refractivity contribution in [2.24, 2.45) is 0 Å². The normalized spacial score (nSPS) is 16.7. The van der Waals surface area contributed by atoms with Gasteiger partial charge in [0.2, 0.25) is 0 Å². The Morgan fingerprint density at radius 2 is 1.65 bits per heavy atom. The summed E-state index contributed by atoms with van der Waals surface area (Å²) >= 11 is 0. The van der Waals surface area contributed by atoms with Crippen molar-refractivity contribution >= 4 is 18.1 Å². The minimum Gasteiger partial charge on any atom is -0.494 e. The Balaban J connectivity index is 0.00000272. The molecule has 2 aromatic carbocycles. The Kier molecular flexibility index (Phi) is 8.11. The lowest BCUT2D eigenvalue weighted by Crippen LogP contribution is -2.46. The van der Waals surface area contributed by atoms with Gasteiger partial charge in [-0.25, -0.2) is 0 Å². The molecular formula is C24H30ClF3N2O. The van der Waals surface area contributed by atoms with Crippen molar-refractivity contribution in [1.82, 2.24) is 4.90 Å². The maximum atomic E-state index is 12.9. The number of alkyl halides is 3. The van der Waals surface area contributed by atoms with Crippen molar-refractivity contribution in [1.29, 1.82) is 0 Å². The molecule has 2 aromatic rings. The molecule has 0 radical (unpaired) electrons. The molecule has 1 heterocycles. The lowest BCUT2D eigenvalue weighted by Gasteiger charge is -2.36. The maximum Gasteiger partial charge on any atom is 0.416 e. The van der Waals surface area contributed by atoms with Gasteiger partial charge >= 0.3 is 6.18 Å². The van der Waals surface area contributed by atoms with E-state index in [1.54, 1.807) is 6.07 Å². The molecule has 3 nitrogen and oxygen atoms in total. The molecule has 0 atom stereocenters. The van der Waals surface area contributed by atoms with Crippen LogP contribution >= 0.6 is 12.4 Å². The van der Waals surface area contributed by atoms with Crippen molar-refractivity contribution in [3.8, 4) is 5.75 Å². The number of anilines is 1. The van der Waals surface area contributed by atoms with Gasteiger partial charge in [-0.2, -0.15) is 13.2 Å². The van der Waals surface area contributed by atoms with Crippen LogP contribution in [0.25, 0.3) is 0 Å². The number of piperazine rings is 1. The van der Waals surface area contributed by atoms with E-state index in [9.17, 15) is 13.2 Å². The van der Waals surface area contributed by atoms with Gasteiger partial charge in [-0.05, 0) is 80.1 Å². The third-order valence-electron chi connectivity index (χ3n) is 6.12. The molecule has 4 rings (SSSR count). The number of ether oxygens (including phenoxy) is 1. The van der Waals surface area contributed by atoms with Gasteiger partial charge in [0.05, 0.1) is 12.2 Å². The van der Waals surface area contributed by atoms with E-state index >= 15 is 0 Å². The van der Waals surface area contributed by atoms with Gasteiger partial charge in [0.25, 0.3) is 0 Å². The average molecular weight is 455 g/mol. The number of benzene rings is 2. The van der Waals surface area contributed by atoms with E-state index in [0.717, 1.165) is 64.0 Å². The molecule has 1 saturated heterocycles. The fourth-order valence-corrected chi connectivity index (χ4v) is 4.37. The number of fused-ring (bicyclic) bond motifs is 1. The van der Waals surface area contributed by atoms with E-state index in [0.29, 0.717) is 5.69 Å². The van der Waals surface area contributed by atoms with E-state index in [4.69, 9.17) is 4.74 Å². The first kappa shape index (κ1) is 23.7. The Hall–Kier alpha value is -1.92. The molecule has 0 saturated carbocycles. The van der Waals surface area contributed by atoms with Crippen molar-refractivity contribution in [3.63, 3.8) is 0 Å². The van der Waals surface area contributed by atoms with E-state index < -0.39 is 11.7 Å². The maximum absolute atomic E-state index is 12.9. The highest BCUT2D eigenvalue weighted by Crippen LogP contribution is 2.32. The van der Waals surface area contributed by atoms with Gasteiger partial charge in [0.1, 0.15) is 5.75 Å². The summed E-state index contributed by atoms with van der Waals surface area (Å²) in [5.41, 5.74) is 2.98. The fraction of sp³-hybridized carbons (Fsp3) is 0.500. The number of hydrogen-bond acceptors (Lipinski definition) is 3. The van der Waals surface area contributed by atoms with Crippen LogP contribution in [0, 0.1) is 0 Å². The van der Waals surface area contributed by atoms with Crippen molar-refractivity contribution in [2.75, 3.05) is 44.2 Å². The first-order valence-electron chi connectivity index (χ1n) is 10.9. The summed E-state index contributed by atoms with van der Waals surface area (Å²) in [4.78, 5) is 4.43. The Morgan fingerprint density at radius 3 is 2.42 bits per heavy atom. The van der Waals surface area contributed by atoms with Gasteiger partial charge in [-0.15, -0.1) is 12.4 Å².